The second kappa shape index (κ2) is 6.89. The molecule has 2 aromatic carbocycles. The highest BCUT2D eigenvalue weighted by Gasteiger charge is 2.15. The van der Waals surface area contributed by atoms with Crippen molar-refractivity contribution in [3.05, 3.63) is 82.4 Å². The molecule has 128 valence electrons. The number of nitrogens with zero attached hydrogens (tertiary/aromatic N) is 2. The van der Waals surface area contributed by atoms with Crippen LogP contribution < -0.4 is 5.32 Å². The molecule has 0 atom stereocenters. The number of benzene rings is 2. The fourth-order valence-corrected chi connectivity index (χ4v) is 2.69. The van der Waals surface area contributed by atoms with E-state index in [9.17, 15) is 9.18 Å². The Morgan fingerprint density at radius 1 is 1.04 bits per heavy atom. The minimum absolute atomic E-state index is 0.160. The summed E-state index contributed by atoms with van der Waals surface area (Å²) in [5.74, 6) is -0.421. The van der Waals surface area contributed by atoms with Gasteiger partial charge >= 0.3 is 0 Å². The number of carbonyl (C=O) groups is 1. The van der Waals surface area contributed by atoms with E-state index in [0.717, 1.165) is 22.5 Å². The number of rotatable bonds is 4. The largest absolute Gasteiger partial charge is 0.319 e. The van der Waals surface area contributed by atoms with E-state index in [1.54, 1.807) is 24.3 Å². The van der Waals surface area contributed by atoms with Gasteiger partial charge in [0.2, 0.25) is 0 Å². The highest BCUT2D eigenvalue weighted by molar-refractivity contribution is 6.04. The normalized spacial score (nSPS) is 10.7. The SMILES string of the molecule is Cc1ccc(C(=O)Nc2c(C)nn(Cc3ccc(F)cc3)c2C)cc1. The molecule has 0 saturated carbocycles. The molecule has 3 rings (SSSR count). The molecule has 0 aliphatic rings. The molecule has 0 aliphatic carbocycles. The van der Waals surface area contributed by atoms with Crippen molar-refractivity contribution in [3.8, 4) is 0 Å². The van der Waals surface area contributed by atoms with E-state index in [4.69, 9.17) is 0 Å². The second-order valence-corrected chi connectivity index (χ2v) is 6.15. The number of anilines is 1. The minimum atomic E-state index is -0.261. The topological polar surface area (TPSA) is 46.9 Å². The molecule has 0 bridgehead atoms. The molecular weight excluding hydrogens is 317 g/mol. The zero-order valence-corrected chi connectivity index (χ0v) is 14.5. The maximum absolute atomic E-state index is 13.0. The zero-order chi connectivity index (χ0) is 18.0. The van der Waals surface area contributed by atoms with Crippen LogP contribution in [0.3, 0.4) is 0 Å². The molecule has 1 heterocycles. The van der Waals surface area contributed by atoms with Crippen molar-refractivity contribution in [1.82, 2.24) is 9.78 Å². The number of carbonyl (C=O) groups excluding carboxylic acids is 1. The van der Waals surface area contributed by atoms with Gasteiger partial charge in [-0.05, 0) is 50.6 Å². The van der Waals surface area contributed by atoms with Crippen LogP contribution in [-0.4, -0.2) is 15.7 Å². The highest BCUT2D eigenvalue weighted by atomic mass is 19.1. The smallest absolute Gasteiger partial charge is 0.255 e. The van der Waals surface area contributed by atoms with E-state index in [1.165, 1.54) is 12.1 Å². The second-order valence-electron chi connectivity index (χ2n) is 6.15. The van der Waals surface area contributed by atoms with Gasteiger partial charge < -0.3 is 5.32 Å². The Balaban J connectivity index is 1.80. The van der Waals surface area contributed by atoms with E-state index in [-0.39, 0.29) is 11.7 Å². The van der Waals surface area contributed by atoms with E-state index in [1.807, 2.05) is 37.6 Å². The van der Waals surface area contributed by atoms with Gasteiger partial charge in [-0.15, -0.1) is 0 Å². The van der Waals surface area contributed by atoms with Crippen molar-refractivity contribution >= 4 is 11.6 Å². The fraction of sp³-hybridized carbons (Fsp3) is 0.200. The third-order valence-corrected chi connectivity index (χ3v) is 4.18. The van der Waals surface area contributed by atoms with E-state index in [0.29, 0.717) is 17.8 Å². The van der Waals surface area contributed by atoms with Gasteiger partial charge in [-0.25, -0.2) is 4.39 Å². The van der Waals surface area contributed by atoms with Crippen LogP contribution in [0.4, 0.5) is 10.1 Å². The Labute approximate surface area is 146 Å². The highest BCUT2D eigenvalue weighted by Crippen LogP contribution is 2.21. The number of aromatic nitrogens is 2. The van der Waals surface area contributed by atoms with Crippen molar-refractivity contribution in [1.29, 1.82) is 0 Å². The average molecular weight is 337 g/mol. The summed E-state index contributed by atoms with van der Waals surface area (Å²) in [6.45, 7) is 6.27. The summed E-state index contributed by atoms with van der Waals surface area (Å²) in [5, 5.41) is 7.44. The van der Waals surface area contributed by atoms with Crippen LogP contribution >= 0.6 is 0 Å². The predicted molar refractivity (Wildman–Crippen MR) is 96.3 cm³/mol. The number of amides is 1. The summed E-state index contributed by atoms with van der Waals surface area (Å²) >= 11 is 0. The molecule has 1 aromatic heterocycles. The number of hydrogen-bond acceptors (Lipinski definition) is 2. The zero-order valence-electron chi connectivity index (χ0n) is 14.5. The minimum Gasteiger partial charge on any atom is -0.319 e. The third kappa shape index (κ3) is 3.76. The predicted octanol–water partition coefficient (Wildman–Crippen LogP) is 4.25. The average Bonchev–Trinajstić information content (AvgIpc) is 2.85. The Bertz CT molecular complexity index is 896. The number of aryl methyl sites for hydroxylation is 2. The molecule has 5 heteroatoms. The van der Waals surface area contributed by atoms with Gasteiger partial charge in [0.25, 0.3) is 5.91 Å². The summed E-state index contributed by atoms with van der Waals surface area (Å²) in [6, 6.07) is 13.8. The van der Waals surface area contributed by atoms with Crippen molar-refractivity contribution in [2.75, 3.05) is 5.32 Å². The lowest BCUT2D eigenvalue weighted by Gasteiger charge is -2.08. The first-order valence-electron chi connectivity index (χ1n) is 8.10. The first-order chi connectivity index (χ1) is 11.9. The van der Waals surface area contributed by atoms with E-state index >= 15 is 0 Å². The van der Waals surface area contributed by atoms with Gasteiger partial charge in [-0.3, -0.25) is 9.48 Å². The number of halogens is 1. The van der Waals surface area contributed by atoms with Crippen LogP contribution in [0, 0.1) is 26.6 Å². The molecule has 0 fully saturated rings. The van der Waals surface area contributed by atoms with E-state index in [2.05, 4.69) is 10.4 Å². The number of nitrogens with one attached hydrogen (secondary N) is 1. The maximum Gasteiger partial charge on any atom is 0.255 e. The fourth-order valence-electron chi connectivity index (χ4n) is 2.69. The Kier molecular flexibility index (Phi) is 4.65. The number of hydrogen-bond donors (Lipinski definition) is 1. The Morgan fingerprint density at radius 3 is 2.32 bits per heavy atom. The van der Waals surface area contributed by atoms with Gasteiger partial charge in [0.1, 0.15) is 5.82 Å². The lowest BCUT2D eigenvalue weighted by molar-refractivity contribution is 0.102. The summed E-state index contributed by atoms with van der Waals surface area (Å²) in [6.07, 6.45) is 0. The monoisotopic (exact) mass is 337 g/mol. The molecule has 3 aromatic rings. The molecule has 1 amide bonds. The van der Waals surface area contributed by atoms with Crippen molar-refractivity contribution in [2.45, 2.75) is 27.3 Å². The molecule has 0 unspecified atom stereocenters. The summed E-state index contributed by atoms with van der Waals surface area (Å²) in [4.78, 5) is 12.4. The summed E-state index contributed by atoms with van der Waals surface area (Å²) < 4.78 is 14.8. The quantitative estimate of drug-likeness (QED) is 0.774. The Morgan fingerprint density at radius 2 is 1.68 bits per heavy atom. The van der Waals surface area contributed by atoms with Crippen molar-refractivity contribution in [3.63, 3.8) is 0 Å². The molecule has 25 heavy (non-hydrogen) atoms. The molecule has 0 spiro atoms. The molecule has 0 aliphatic heterocycles. The maximum atomic E-state index is 13.0. The van der Waals surface area contributed by atoms with Crippen LogP contribution in [0.2, 0.25) is 0 Å². The van der Waals surface area contributed by atoms with Gasteiger partial charge in [-0.1, -0.05) is 29.8 Å². The lowest BCUT2D eigenvalue weighted by Crippen LogP contribution is -2.13. The molecule has 0 radical (unpaired) electrons. The van der Waals surface area contributed by atoms with Gasteiger partial charge in [0.05, 0.1) is 23.6 Å². The molecular formula is C20H20FN3O. The van der Waals surface area contributed by atoms with Crippen LogP contribution in [0.25, 0.3) is 0 Å². The van der Waals surface area contributed by atoms with Crippen LogP contribution in [-0.2, 0) is 6.54 Å². The van der Waals surface area contributed by atoms with Crippen LogP contribution in [0.5, 0.6) is 0 Å². The van der Waals surface area contributed by atoms with E-state index < -0.39 is 0 Å². The Hall–Kier alpha value is -2.95. The standard InChI is InChI=1S/C20H20FN3O/c1-13-4-8-17(9-5-13)20(25)22-19-14(2)23-24(15(19)3)12-16-6-10-18(21)11-7-16/h4-11H,12H2,1-3H3,(H,22,25). The molecule has 0 saturated heterocycles. The molecule has 1 N–H and O–H groups in total. The van der Waals surface area contributed by atoms with Gasteiger partial charge in [0.15, 0.2) is 0 Å². The van der Waals surface area contributed by atoms with Gasteiger partial charge in [-0.2, -0.15) is 5.10 Å². The summed E-state index contributed by atoms with van der Waals surface area (Å²) in [5.41, 5.74) is 4.99. The third-order valence-electron chi connectivity index (χ3n) is 4.18. The van der Waals surface area contributed by atoms with Crippen LogP contribution in [0.15, 0.2) is 48.5 Å². The summed E-state index contributed by atoms with van der Waals surface area (Å²) in [7, 11) is 0. The first-order valence-corrected chi connectivity index (χ1v) is 8.10. The van der Waals surface area contributed by atoms with Crippen LogP contribution in [0.1, 0.15) is 32.9 Å². The van der Waals surface area contributed by atoms with Crippen molar-refractivity contribution < 1.29 is 9.18 Å². The molecule has 4 nitrogen and oxygen atoms in total. The first kappa shape index (κ1) is 16.9. The van der Waals surface area contributed by atoms with Gasteiger partial charge in [0, 0.05) is 5.56 Å². The lowest BCUT2D eigenvalue weighted by atomic mass is 10.1. The van der Waals surface area contributed by atoms with Crippen molar-refractivity contribution in [2.24, 2.45) is 0 Å².